The Balaban J connectivity index is 2.25. The Morgan fingerprint density at radius 1 is 1.33 bits per heavy atom. The molecule has 0 aliphatic rings. The molecule has 0 bridgehead atoms. The number of rotatable bonds is 3. The molecule has 1 aromatic heterocycles. The van der Waals surface area contributed by atoms with E-state index >= 15 is 0 Å². The fourth-order valence-corrected chi connectivity index (χ4v) is 2.27. The fraction of sp³-hybridized carbons (Fsp3) is 0.100. The van der Waals surface area contributed by atoms with Crippen molar-refractivity contribution in [3.63, 3.8) is 0 Å². The Morgan fingerprint density at radius 2 is 2.07 bits per heavy atom. The van der Waals surface area contributed by atoms with E-state index < -0.39 is 0 Å². The van der Waals surface area contributed by atoms with E-state index in [9.17, 15) is 0 Å². The first-order valence-corrected chi connectivity index (χ1v) is 5.56. The van der Waals surface area contributed by atoms with Crippen LogP contribution < -0.4 is 4.84 Å². The Bertz CT molecular complexity index is 441. The van der Waals surface area contributed by atoms with Crippen LogP contribution in [0.4, 0.5) is 0 Å². The lowest BCUT2D eigenvalue weighted by molar-refractivity contribution is 0.475. The number of thiazole rings is 1. The molecule has 5 heteroatoms. The molecule has 0 aliphatic heterocycles. The van der Waals surface area contributed by atoms with E-state index in [4.69, 9.17) is 16.9 Å². The molecule has 2 rings (SSSR count). The number of phenols is 1. The van der Waals surface area contributed by atoms with Gasteiger partial charge in [-0.2, -0.15) is 0 Å². The molecule has 2 aromatic rings. The quantitative estimate of drug-likeness (QED) is 0.811. The van der Waals surface area contributed by atoms with Gasteiger partial charge in [-0.05, 0) is 36.0 Å². The zero-order valence-electron chi connectivity index (χ0n) is 7.77. The van der Waals surface area contributed by atoms with Crippen molar-refractivity contribution in [1.29, 1.82) is 0 Å². The number of aromatic hydroxyl groups is 1. The molecule has 78 valence electrons. The van der Waals surface area contributed by atoms with Gasteiger partial charge in [-0.3, -0.25) is 0 Å². The van der Waals surface area contributed by atoms with E-state index in [1.807, 2.05) is 12.1 Å². The van der Waals surface area contributed by atoms with Crippen LogP contribution in [-0.4, -0.2) is 10.1 Å². The summed E-state index contributed by atoms with van der Waals surface area (Å²) in [5.74, 6) is 0.262. The zero-order chi connectivity index (χ0) is 10.7. The summed E-state index contributed by atoms with van der Waals surface area (Å²) in [6, 6.07) is 6.98. The first-order valence-electron chi connectivity index (χ1n) is 4.37. The highest BCUT2D eigenvalue weighted by atomic mass is 35.5. The maximum absolute atomic E-state index is 9.15. The number of benzene rings is 1. The van der Waals surface area contributed by atoms with Crippen molar-refractivity contribution in [2.45, 2.75) is 6.54 Å². The Kier molecular flexibility index (Phi) is 3.20. The molecule has 0 saturated carbocycles. The lowest BCUT2D eigenvalue weighted by Gasteiger charge is -1.95. The van der Waals surface area contributed by atoms with Crippen LogP contribution in [0.1, 0.15) is 4.88 Å². The van der Waals surface area contributed by atoms with Crippen LogP contribution >= 0.6 is 23.1 Å². The first kappa shape index (κ1) is 10.4. The monoisotopic (exact) mass is 240 g/mol. The largest absolute Gasteiger partial charge is 0.508 e. The van der Waals surface area contributed by atoms with Crippen molar-refractivity contribution in [2.75, 3.05) is 0 Å². The van der Waals surface area contributed by atoms with Crippen molar-refractivity contribution in [3.05, 3.63) is 35.3 Å². The lowest BCUT2D eigenvalue weighted by atomic mass is 10.2. The number of phenolic OH excluding ortho intramolecular Hbond substituents is 1. The SMILES string of the molecule is Oc1ccc(-c2ncc(CNCl)s2)cc1. The number of nitrogens with zero attached hydrogens (tertiary/aromatic N) is 1. The molecule has 15 heavy (non-hydrogen) atoms. The van der Waals surface area contributed by atoms with Crippen LogP contribution in [0.5, 0.6) is 5.75 Å². The highest BCUT2D eigenvalue weighted by molar-refractivity contribution is 7.15. The number of nitrogens with one attached hydrogen (secondary N) is 1. The summed E-state index contributed by atoms with van der Waals surface area (Å²) >= 11 is 6.98. The molecule has 0 fully saturated rings. The normalized spacial score (nSPS) is 10.5. The molecule has 0 saturated heterocycles. The Labute approximate surface area is 96.5 Å². The molecule has 2 N–H and O–H groups in total. The molecule has 1 aromatic carbocycles. The third-order valence-electron chi connectivity index (χ3n) is 1.91. The van der Waals surface area contributed by atoms with Gasteiger partial charge in [0.05, 0.1) is 0 Å². The Morgan fingerprint density at radius 3 is 2.73 bits per heavy atom. The standard InChI is InChI=1S/C10H9ClN2OS/c11-13-6-9-5-12-10(15-9)7-1-3-8(14)4-2-7/h1-5,13-14H,6H2. The van der Waals surface area contributed by atoms with Crippen molar-refractivity contribution in [1.82, 2.24) is 9.82 Å². The van der Waals surface area contributed by atoms with Crippen molar-refractivity contribution >= 4 is 23.1 Å². The summed E-state index contributed by atoms with van der Waals surface area (Å²) in [5.41, 5.74) is 0.999. The summed E-state index contributed by atoms with van der Waals surface area (Å²) < 4.78 is 0. The minimum atomic E-state index is 0.262. The van der Waals surface area contributed by atoms with Gasteiger partial charge >= 0.3 is 0 Å². The van der Waals surface area contributed by atoms with Crippen LogP contribution in [-0.2, 0) is 6.54 Å². The molecule has 0 spiro atoms. The molecular formula is C10H9ClN2OS. The smallest absolute Gasteiger partial charge is 0.123 e. The third-order valence-corrected chi connectivity index (χ3v) is 3.09. The second-order valence-corrected chi connectivity index (χ2v) is 4.37. The van der Waals surface area contributed by atoms with Gasteiger partial charge in [0, 0.05) is 23.2 Å². The van der Waals surface area contributed by atoms with Crippen LogP contribution in [0.2, 0.25) is 0 Å². The van der Waals surface area contributed by atoms with Gasteiger partial charge in [-0.15, -0.1) is 11.3 Å². The van der Waals surface area contributed by atoms with Gasteiger partial charge in [-0.1, -0.05) is 0 Å². The molecular weight excluding hydrogens is 232 g/mol. The van der Waals surface area contributed by atoms with Gasteiger partial charge in [0.15, 0.2) is 0 Å². The minimum absolute atomic E-state index is 0.262. The summed E-state index contributed by atoms with van der Waals surface area (Å²) in [7, 11) is 0. The zero-order valence-corrected chi connectivity index (χ0v) is 9.35. The molecule has 0 radical (unpaired) electrons. The average molecular weight is 241 g/mol. The van der Waals surface area contributed by atoms with E-state index in [-0.39, 0.29) is 5.75 Å². The fourth-order valence-electron chi connectivity index (χ4n) is 1.19. The Hall–Kier alpha value is -1.10. The summed E-state index contributed by atoms with van der Waals surface area (Å²) in [6.07, 6.45) is 1.79. The molecule has 0 amide bonds. The van der Waals surface area contributed by atoms with Crippen molar-refractivity contribution < 1.29 is 5.11 Å². The minimum Gasteiger partial charge on any atom is -0.508 e. The topological polar surface area (TPSA) is 45.2 Å². The van der Waals surface area contributed by atoms with E-state index in [1.165, 1.54) is 0 Å². The maximum Gasteiger partial charge on any atom is 0.123 e. The van der Waals surface area contributed by atoms with Gasteiger partial charge in [-0.25, -0.2) is 9.82 Å². The van der Waals surface area contributed by atoms with E-state index in [2.05, 4.69) is 9.82 Å². The summed E-state index contributed by atoms with van der Waals surface area (Å²) in [5, 5.41) is 10.1. The highest BCUT2D eigenvalue weighted by Crippen LogP contribution is 2.26. The average Bonchev–Trinajstić information content (AvgIpc) is 2.68. The highest BCUT2D eigenvalue weighted by Gasteiger charge is 2.03. The molecule has 0 unspecified atom stereocenters. The molecule has 3 nitrogen and oxygen atoms in total. The van der Waals surface area contributed by atoms with E-state index in [0.717, 1.165) is 15.4 Å². The van der Waals surface area contributed by atoms with Gasteiger partial charge in [0.2, 0.25) is 0 Å². The lowest BCUT2D eigenvalue weighted by Crippen LogP contribution is -1.94. The third kappa shape index (κ3) is 2.47. The summed E-state index contributed by atoms with van der Waals surface area (Å²) in [4.78, 5) is 7.91. The number of aromatic nitrogens is 1. The number of halogens is 1. The number of hydrogen-bond acceptors (Lipinski definition) is 4. The molecule has 1 heterocycles. The van der Waals surface area contributed by atoms with Gasteiger partial charge < -0.3 is 5.11 Å². The predicted molar refractivity (Wildman–Crippen MR) is 61.9 cm³/mol. The van der Waals surface area contributed by atoms with Gasteiger partial charge in [0.1, 0.15) is 10.8 Å². The first-order chi connectivity index (χ1) is 7.29. The summed E-state index contributed by atoms with van der Waals surface area (Å²) in [6.45, 7) is 0.608. The van der Waals surface area contributed by atoms with Crippen LogP contribution in [0.15, 0.2) is 30.5 Å². The van der Waals surface area contributed by atoms with Crippen LogP contribution in [0.25, 0.3) is 10.6 Å². The maximum atomic E-state index is 9.15. The van der Waals surface area contributed by atoms with Crippen LogP contribution in [0.3, 0.4) is 0 Å². The second kappa shape index (κ2) is 4.61. The second-order valence-electron chi connectivity index (χ2n) is 2.99. The van der Waals surface area contributed by atoms with Gasteiger partial charge in [0.25, 0.3) is 0 Å². The molecule has 0 aliphatic carbocycles. The predicted octanol–water partition coefficient (Wildman–Crippen LogP) is 2.76. The van der Waals surface area contributed by atoms with Crippen LogP contribution in [0, 0.1) is 0 Å². The van der Waals surface area contributed by atoms with Crippen molar-refractivity contribution in [3.8, 4) is 16.3 Å². The number of hydrogen-bond donors (Lipinski definition) is 2. The van der Waals surface area contributed by atoms with Crippen molar-refractivity contribution in [2.24, 2.45) is 0 Å². The molecule has 0 atom stereocenters. The van der Waals surface area contributed by atoms with E-state index in [1.54, 1.807) is 29.7 Å². The van der Waals surface area contributed by atoms with E-state index in [0.29, 0.717) is 6.54 Å².